The van der Waals surface area contributed by atoms with Gasteiger partial charge in [0.05, 0.1) is 0 Å². The highest BCUT2D eigenvalue weighted by Gasteiger charge is 2.22. The predicted octanol–water partition coefficient (Wildman–Crippen LogP) is 3.38. The van der Waals surface area contributed by atoms with Gasteiger partial charge in [-0.25, -0.2) is 0 Å². The molecule has 0 N–H and O–H groups in total. The maximum Gasteiger partial charge on any atom is 0.259 e. The molecule has 0 unspecified atom stereocenters. The molecule has 0 amide bonds. The molecule has 16 heavy (non-hydrogen) atoms. The number of rotatable bonds is 10. The molecular formula is C12H29IN2Si. The summed E-state index contributed by atoms with van der Waals surface area (Å²) in [5.74, 6) is 0. The van der Waals surface area contributed by atoms with Crippen LogP contribution in [0.15, 0.2) is 0 Å². The van der Waals surface area contributed by atoms with Gasteiger partial charge in [0.15, 0.2) is 0 Å². The van der Waals surface area contributed by atoms with Crippen LogP contribution in [0.4, 0.5) is 0 Å². The molecule has 0 aliphatic rings. The zero-order chi connectivity index (χ0) is 12.4. The van der Waals surface area contributed by atoms with E-state index < -0.39 is 6.62 Å². The lowest BCUT2D eigenvalue weighted by atomic mass is 10.4. The summed E-state index contributed by atoms with van der Waals surface area (Å²) in [5.41, 5.74) is 0. The van der Waals surface area contributed by atoms with Crippen molar-refractivity contribution in [2.24, 2.45) is 0 Å². The maximum atomic E-state index is 2.76. The van der Waals surface area contributed by atoms with Crippen LogP contribution >= 0.6 is 21.8 Å². The number of halogens is 1. The zero-order valence-electron chi connectivity index (χ0n) is 11.5. The first-order chi connectivity index (χ1) is 7.71. The van der Waals surface area contributed by atoms with E-state index in [0.717, 1.165) is 0 Å². The summed E-state index contributed by atoms with van der Waals surface area (Å²) in [6.45, 7) is 13.5. The molecule has 0 spiro atoms. The van der Waals surface area contributed by atoms with Gasteiger partial charge >= 0.3 is 0 Å². The summed E-state index contributed by atoms with van der Waals surface area (Å²) in [7, 11) is 0. The van der Waals surface area contributed by atoms with E-state index in [1.807, 2.05) is 0 Å². The highest BCUT2D eigenvalue weighted by molar-refractivity contribution is 14.1. The van der Waals surface area contributed by atoms with E-state index in [1.54, 1.807) is 0 Å². The van der Waals surface area contributed by atoms with Gasteiger partial charge in [0.1, 0.15) is 0 Å². The molecule has 0 atom stereocenters. The van der Waals surface area contributed by atoms with Crippen LogP contribution in [-0.4, -0.2) is 41.9 Å². The monoisotopic (exact) mass is 356 g/mol. The second-order valence-electron chi connectivity index (χ2n) is 4.38. The molecule has 0 bridgehead atoms. The molecule has 4 heteroatoms. The second-order valence-corrected chi connectivity index (χ2v) is 9.81. The summed E-state index contributed by atoms with van der Waals surface area (Å²) in [5, 5.41) is 0. The van der Waals surface area contributed by atoms with E-state index in [1.165, 1.54) is 51.9 Å². The van der Waals surface area contributed by atoms with Gasteiger partial charge in [-0.05, 0) is 51.9 Å². The normalized spacial score (nSPS) is 12.0. The average Bonchev–Trinajstić information content (AvgIpc) is 2.27. The van der Waals surface area contributed by atoms with Crippen molar-refractivity contribution in [3.8, 4) is 0 Å². The van der Waals surface area contributed by atoms with Gasteiger partial charge < -0.3 is 9.13 Å². The first-order valence-electron chi connectivity index (χ1n) is 6.83. The van der Waals surface area contributed by atoms with Crippen LogP contribution in [0.1, 0.15) is 53.4 Å². The summed E-state index contributed by atoms with van der Waals surface area (Å²) in [6, 6.07) is 0. The minimum atomic E-state index is -0.866. The third-order valence-electron chi connectivity index (χ3n) is 2.65. The standard InChI is InChI=1S/C12H29IN2Si/c1-5-9-14(10-6-2)16(13)15(11-7-3)12-8-4/h16H,5-12H2,1-4H3. The summed E-state index contributed by atoms with van der Waals surface area (Å²) >= 11 is 2.75. The molecular weight excluding hydrogens is 327 g/mol. The van der Waals surface area contributed by atoms with Gasteiger partial charge in [0.2, 0.25) is 0 Å². The van der Waals surface area contributed by atoms with Gasteiger partial charge in [-0.3, -0.25) is 0 Å². The first-order valence-corrected chi connectivity index (χ1v) is 12.0. The number of nitrogens with zero attached hydrogens (tertiary/aromatic N) is 2. The summed E-state index contributed by atoms with van der Waals surface area (Å²) in [6.07, 6.45) is 5.16. The number of hydrogen-bond acceptors (Lipinski definition) is 2. The highest BCUT2D eigenvalue weighted by Crippen LogP contribution is 2.12. The smallest absolute Gasteiger partial charge is 0.259 e. The van der Waals surface area contributed by atoms with E-state index in [4.69, 9.17) is 0 Å². The zero-order valence-corrected chi connectivity index (χ0v) is 14.8. The Morgan fingerprint density at radius 2 is 0.938 bits per heavy atom. The third kappa shape index (κ3) is 6.57. The molecule has 0 aromatic carbocycles. The van der Waals surface area contributed by atoms with E-state index in [-0.39, 0.29) is 0 Å². The molecule has 2 nitrogen and oxygen atoms in total. The van der Waals surface area contributed by atoms with E-state index in [9.17, 15) is 0 Å². The molecule has 0 aliphatic heterocycles. The van der Waals surface area contributed by atoms with Gasteiger partial charge in [-0.1, -0.05) is 49.5 Å². The molecule has 0 saturated heterocycles. The summed E-state index contributed by atoms with van der Waals surface area (Å²) < 4.78 is 5.51. The lowest BCUT2D eigenvalue weighted by Crippen LogP contribution is -2.50. The topological polar surface area (TPSA) is 6.48 Å². The van der Waals surface area contributed by atoms with Gasteiger partial charge in [-0.2, -0.15) is 0 Å². The Morgan fingerprint density at radius 3 is 1.12 bits per heavy atom. The maximum absolute atomic E-state index is 2.76. The molecule has 0 heterocycles. The fourth-order valence-corrected chi connectivity index (χ4v) is 7.72. The molecule has 0 aliphatic carbocycles. The van der Waals surface area contributed by atoms with Crippen LogP contribution in [-0.2, 0) is 0 Å². The van der Waals surface area contributed by atoms with E-state index in [0.29, 0.717) is 0 Å². The Balaban J connectivity index is 4.31. The Bertz CT molecular complexity index is 130. The highest BCUT2D eigenvalue weighted by atomic mass is 127. The van der Waals surface area contributed by atoms with Crippen molar-refractivity contribution in [3.63, 3.8) is 0 Å². The molecule has 0 rings (SSSR count). The van der Waals surface area contributed by atoms with Gasteiger partial charge in [0.25, 0.3) is 6.62 Å². The quantitative estimate of drug-likeness (QED) is 0.336. The Labute approximate surface area is 117 Å². The van der Waals surface area contributed by atoms with E-state index in [2.05, 4.69) is 58.6 Å². The summed E-state index contributed by atoms with van der Waals surface area (Å²) in [4.78, 5) is 0. The first kappa shape index (κ1) is 16.9. The SMILES string of the molecule is CCCN(CCC)[SiH](I)N(CCC)CCC. The van der Waals surface area contributed by atoms with Crippen LogP contribution in [0.25, 0.3) is 0 Å². The molecule has 0 saturated carbocycles. The fourth-order valence-electron chi connectivity index (χ4n) is 2.03. The Hall–Kier alpha value is 0.867. The van der Waals surface area contributed by atoms with Crippen molar-refractivity contribution < 1.29 is 0 Å². The van der Waals surface area contributed by atoms with Crippen molar-refractivity contribution in [3.05, 3.63) is 0 Å². The number of hydrogen-bond donors (Lipinski definition) is 0. The molecule has 0 radical (unpaired) electrons. The van der Waals surface area contributed by atoms with Crippen molar-refractivity contribution in [1.82, 2.24) is 9.13 Å². The van der Waals surface area contributed by atoms with Crippen LogP contribution in [0.3, 0.4) is 0 Å². The average molecular weight is 356 g/mol. The third-order valence-corrected chi connectivity index (χ3v) is 9.61. The van der Waals surface area contributed by atoms with Gasteiger partial charge in [0, 0.05) is 0 Å². The fraction of sp³-hybridized carbons (Fsp3) is 1.00. The molecule has 0 fully saturated rings. The van der Waals surface area contributed by atoms with Crippen LogP contribution in [0, 0.1) is 0 Å². The Morgan fingerprint density at radius 1 is 0.688 bits per heavy atom. The van der Waals surface area contributed by atoms with Crippen molar-refractivity contribution in [1.29, 1.82) is 0 Å². The van der Waals surface area contributed by atoms with Gasteiger partial charge in [-0.15, -0.1) is 0 Å². The van der Waals surface area contributed by atoms with Crippen molar-refractivity contribution in [2.75, 3.05) is 26.2 Å². The van der Waals surface area contributed by atoms with E-state index >= 15 is 0 Å². The van der Waals surface area contributed by atoms with Crippen LogP contribution in [0.5, 0.6) is 0 Å². The minimum absolute atomic E-state index is 0.866. The van der Waals surface area contributed by atoms with Crippen LogP contribution in [0.2, 0.25) is 0 Å². The second kappa shape index (κ2) is 11.0. The lowest BCUT2D eigenvalue weighted by Gasteiger charge is -2.34. The molecule has 0 aromatic rings. The minimum Gasteiger partial charge on any atom is -0.306 e. The van der Waals surface area contributed by atoms with Crippen LogP contribution < -0.4 is 0 Å². The Kier molecular flexibility index (Phi) is 11.6. The van der Waals surface area contributed by atoms with Crippen molar-refractivity contribution in [2.45, 2.75) is 53.4 Å². The van der Waals surface area contributed by atoms with Crippen molar-refractivity contribution >= 4 is 28.4 Å². The predicted molar refractivity (Wildman–Crippen MR) is 85.5 cm³/mol. The molecule has 0 aromatic heterocycles. The largest absolute Gasteiger partial charge is 0.306 e. The molecule has 98 valence electrons. The lowest BCUT2D eigenvalue weighted by molar-refractivity contribution is 0.356.